The molecule has 2 aromatic rings. The average Bonchev–Trinajstić information content (AvgIpc) is 2.78. The molecule has 32 heavy (non-hydrogen) atoms. The van der Waals surface area contributed by atoms with Gasteiger partial charge in [0.2, 0.25) is 5.91 Å². The van der Waals surface area contributed by atoms with Gasteiger partial charge < -0.3 is 10.1 Å². The number of nitrogens with one attached hydrogen (secondary N) is 1. The molecule has 1 saturated heterocycles. The number of rotatable bonds is 8. The zero-order chi connectivity index (χ0) is 23.3. The third-order valence-corrected chi connectivity index (χ3v) is 7.74. The summed E-state index contributed by atoms with van der Waals surface area (Å²) in [6.45, 7) is 9.06. The average molecular weight is 460 g/mol. The van der Waals surface area contributed by atoms with Crippen LogP contribution >= 0.6 is 0 Å². The summed E-state index contributed by atoms with van der Waals surface area (Å²) in [6, 6.07) is 13.0. The topological polar surface area (TPSA) is 79.0 Å². The highest BCUT2D eigenvalue weighted by atomic mass is 32.2. The number of carbonyl (C=O) groups is 1. The quantitative estimate of drug-likeness (QED) is 0.644. The fourth-order valence-electron chi connectivity index (χ4n) is 3.96. The van der Waals surface area contributed by atoms with Crippen LogP contribution in [0.2, 0.25) is 0 Å². The third-order valence-electron chi connectivity index (χ3n) is 5.73. The van der Waals surface area contributed by atoms with Crippen LogP contribution in [-0.2, 0) is 15.0 Å². The number of hydrogen-bond acceptors (Lipinski definition) is 4. The number of benzene rings is 2. The molecule has 0 unspecified atom stereocenters. The van der Waals surface area contributed by atoms with Crippen molar-refractivity contribution in [1.29, 1.82) is 0 Å². The van der Waals surface area contributed by atoms with Gasteiger partial charge in [-0.1, -0.05) is 12.1 Å². The fraction of sp³-hybridized carbons (Fsp3) is 0.458. The monoisotopic (exact) mass is 459 g/mol. The van der Waals surface area contributed by atoms with E-state index in [1.54, 1.807) is 24.3 Å². The second kappa shape index (κ2) is 10.4. The Morgan fingerprint density at radius 3 is 2.53 bits per heavy atom. The predicted molar refractivity (Wildman–Crippen MR) is 128 cm³/mol. The normalized spacial score (nSPS) is 17.1. The first-order chi connectivity index (χ1) is 15.3. The molecule has 0 aromatic heterocycles. The minimum atomic E-state index is -3.76. The summed E-state index contributed by atoms with van der Waals surface area (Å²) in [5, 5.41) is 3.00. The molecule has 1 aliphatic heterocycles. The van der Waals surface area contributed by atoms with Crippen molar-refractivity contribution in [3.05, 3.63) is 53.6 Å². The standard InChI is InChI=1S/C24H33N3O4S/c1-5-27(21-11-13-22(14-12-21)31-6-2)32(29,30)26-15-7-8-20(17-26)24(28)25-23-16-18(3)9-10-19(23)4/h9-14,16,20H,5-8,15,17H2,1-4H3,(H,25,28)/t20-/m1/s1. The van der Waals surface area contributed by atoms with E-state index in [2.05, 4.69) is 5.32 Å². The van der Waals surface area contributed by atoms with Gasteiger partial charge in [0.25, 0.3) is 0 Å². The van der Waals surface area contributed by atoms with Gasteiger partial charge in [-0.3, -0.25) is 9.10 Å². The lowest BCUT2D eigenvalue weighted by Crippen LogP contribution is -2.50. The molecule has 1 amide bonds. The molecule has 0 aliphatic carbocycles. The Kier molecular flexibility index (Phi) is 7.79. The lowest BCUT2D eigenvalue weighted by molar-refractivity contribution is -0.120. The van der Waals surface area contributed by atoms with Gasteiger partial charge in [0.1, 0.15) is 5.75 Å². The molecule has 2 aromatic carbocycles. The zero-order valence-electron chi connectivity index (χ0n) is 19.3. The van der Waals surface area contributed by atoms with E-state index in [1.807, 2.05) is 45.9 Å². The van der Waals surface area contributed by atoms with E-state index in [1.165, 1.54) is 8.61 Å². The van der Waals surface area contributed by atoms with Crippen molar-refractivity contribution in [2.75, 3.05) is 35.9 Å². The van der Waals surface area contributed by atoms with Crippen LogP contribution in [0.5, 0.6) is 5.75 Å². The molecular weight excluding hydrogens is 426 g/mol. The van der Waals surface area contributed by atoms with Crippen LogP contribution in [0, 0.1) is 19.8 Å². The summed E-state index contributed by atoms with van der Waals surface area (Å²) in [5.74, 6) is 0.172. The van der Waals surface area contributed by atoms with Crippen molar-refractivity contribution in [3.63, 3.8) is 0 Å². The minimum absolute atomic E-state index is 0.136. The molecule has 174 valence electrons. The molecule has 1 atom stereocenters. The lowest BCUT2D eigenvalue weighted by Gasteiger charge is -2.35. The number of ether oxygens (including phenoxy) is 1. The summed E-state index contributed by atoms with van der Waals surface area (Å²) in [4.78, 5) is 13.0. The number of anilines is 2. The third kappa shape index (κ3) is 5.42. The molecule has 7 nitrogen and oxygen atoms in total. The zero-order valence-corrected chi connectivity index (χ0v) is 20.1. The summed E-state index contributed by atoms with van der Waals surface area (Å²) in [5.41, 5.74) is 3.40. The highest BCUT2D eigenvalue weighted by molar-refractivity contribution is 7.90. The van der Waals surface area contributed by atoms with Crippen molar-refractivity contribution in [1.82, 2.24) is 4.31 Å². The van der Waals surface area contributed by atoms with E-state index in [4.69, 9.17) is 4.74 Å². The van der Waals surface area contributed by atoms with Gasteiger partial charge in [-0.15, -0.1) is 0 Å². The molecule has 0 spiro atoms. The first-order valence-corrected chi connectivity index (χ1v) is 12.5. The molecular formula is C24H33N3O4S. The molecule has 1 N–H and O–H groups in total. The van der Waals surface area contributed by atoms with Gasteiger partial charge >= 0.3 is 10.2 Å². The number of amides is 1. The number of nitrogens with zero attached hydrogens (tertiary/aromatic N) is 2. The van der Waals surface area contributed by atoms with Crippen molar-refractivity contribution >= 4 is 27.5 Å². The van der Waals surface area contributed by atoms with E-state index >= 15 is 0 Å². The van der Waals surface area contributed by atoms with E-state index in [0.29, 0.717) is 44.0 Å². The van der Waals surface area contributed by atoms with Crippen LogP contribution in [0.1, 0.15) is 37.8 Å². The molecule has 1 aliphatic rings. The molecule has 3 rings (SSSR count). The van der Waals surface area contributed by atoms with Crippen LogP contribution in [0.4, 0.5) is 11.4 Å². The Bertz CT molecular complexity index is 1040. The Morgan fingerprint density at radius 2 is 1.88 bits per heavy atom. The predicted octanol–water partition coefficient (Wildman–Crippen LogP) is 4.12. The smallest absolute Gasteiger partial charge is 0.304 e. The number of hydrogen-bond donors (Lipinski definition) is 1. The Labute approximate surface area is 191 Å². The number of aryl methyl sites for hydroxylation is 2. The Balaban J connectivity index is 1.74. The largest absolute Gasteiger partial charge is 0.494 e. The van der Waals surface area contributed by atoms with E-state index in [-0.39, 0.29) is 12.5 Å². The first-order valence-electron chi connectivity index (χ1n) is 11.1. The van der Waals surface area contributed by atoms with Gasteiger partial charge in [-0.2, -0.15) is 12.7 Å². The molecule has 0 radical (unpaired) electrons. The van der Waals surface area contributed by atoms with Crippen molar-refractivity contribution in [3.8, 4) is 5.75 Å². The minimum Gasteiger partial charge on any atom is -0.494 e. The van der Waals surface area contributed by atoms with Gasteiger partial charge in [-0.05, 0) is 82.0 Å². The lowest BCUT2D eigenvalue weighted by atomic mass is 9.98. The van der Waals surface area contributed by atoms with Crippen LogP contribution in [0.25, 0.3) is 0 Å². The fourth-order valence-corrected chi connectivity index (χ4v) is 5.69. The van der Waals surface area contributed by atoms with Crippen LogP contribution in [-0.4, -0.2) is 44.9 Å². The summed E-state index contributed by atoms with van der Waals surface area (Å²) in [7, 11) is -3.76. The van der Waals surface area contributed by atoms with E-state index < -0.39 is 16.1 Å². The van der Waals surface area contributed by atoms with Gasteiger partial charge in [0, 0.05) is 25.3 Å². The summed E-state index contributed by atoms with van der Waals surface area (Å²) >= 11 is 0. The number of piperidine rings is 1. The molecule has 1 fully saturated rings. The number of carbonyl (C=O) groups excluding carboxylic acids is 1. The maximum Gasteiger partial charge on any atom is 0.304 e. The van der Waals surface area contributed by atoms with Crippen LogP contribution < -0.4 is 14.4 Å². The van der Waals surface area contributed by atoms with Crippen molar-refractivity contribution in [2.45, 2.75) is 40.5 Å². The highest BCUT2D eigenvalue weighted by Gasteiger charge is 2.35. The second-order valence-corrected chi connectivity index (χ2v) is 9.96. The molecule has 0 saturated carbocycles. The maximum absolute atomic E-state index is 13.4. The Morgan fingerprint density at radius 1 is 1.16 bits per heavy atom. The first kappa shape index (κ1) is 24.1. The van der Waals surface area contributed by atoms with Gasteiger partial charge in [0.15, 0.2) is 0 Å². The van der Waals surface area contributed by atoms with Gasteiger partial charge in [0.05, 0.1) is 18.2 Å². The summed E-state index contributed by atoms with van der Waals surface area (Å²) in [6.07, 6.45) is 1.31. The molecule has 8 heteroatoms. The van der Waals surface area contributed by atoms with Crippen LogP contribution in [0.15, 0.2) is 42.5 Å². The Hall–Kier alpha value is -2.58. The van der Waals surface area contributed by atoms with E-state index in [9.17, 15) is 13.2 Å². The highest BCUT2D eigenvalue weighted by Crippen LogP contribution is 2.28. The molecule has 1 heterocycles. The van der Waals surface area contributed by atoms with Crippen molar-refractivity contribution in [2.24, 2.45) is 5.92 Å². The second-order valence-electron chi connectivity index (χ2n) is 8.10. The summed E-state index contributed by atoms with van der Waals surface area (Å²) < 4.78 is 35.2. The van der Waals surface area contributed by atoms with Crippen molar-refractivity contribution < 1.29 is 17.9 Å². The van der Waals surface area contributed by atoms with Gasteiger partial charge in [-0.25, -0.2) is 0 Å². The van der Waals surface area contributed by atoms with Crippen LogP contribution in [0.3, 0.4) is 0 Å². The molecule has 0 bridgehead atoms. The SMILES string of the molecule is CCOc1ccc(N(CC)S(=O)(=O)N2CCC[C@@H](C(=O)Nc3cc(C)ccc3C)C2)cc1. The van der Waals surface area contributed by atoms with E-state index in [0.717, 1.165) is 16.8 Å². The maximum atomic E-state index is 13.4.